The van der Waals surface area contributed by atoms with Crippen molar-refractivity contribution in [3.05, 3.63) is 34.5 Å². The zero-order valence-electron chi connectivity index (χ0n) is 8.94. The van der Waals surface area contributed by atoms with Crippen molar-refractivity contribution in [2.45, 2.75) is 18.5 Å². The number of carbonyl (C=O) groups is 1. The summed E-state index contributed by atoms with van der Waals surface area (Å²) in [6.45, 7) is 0. The third-order valence-electron chi connectivity index (χ3n) is 2.88. The number of benzene rings is 1. The highest BCUT2D eigenvalue weighted by Gasteiger charge is 2.35. The molecule has 17 heavy (non-hydrogen) atoms. The summed E-state index contributed by atoms with van der Waals surface area (Å²) in [7, 11) is 0. The fourth-order valence-corrected chi connectivity index (χ4v) is 2.22. The van der Waals surface area contributed by atoms with Gasteiger partial charge in [0, 0.05) is 17.5 Å². The quantitative estimate of drug-likeness (QED) is 0.890. The SMILES string of the molecule is NC1CC1NC(=O)c1cc2cccc(Br)c2o1. The van der Waals surface area contributed by atoms with Gasteiger partial charge >= 0.3 is 0 Å². The van der Waals surface area contributed by atoms with E-state index in [0.29, 0.717) is 11.3 Å². The molecule has 2 aromatic rings. The van der Waals surface area contributed by atoms with Gasteiger partial charge in [-0.1, -0.05) is 12.1 Å². The lowest BCUT2D eigenvalue weighted by Crippen LogP contribution is -2.29. The van der Waals surface area contributed by atoms with Gasteiger partial charge in [-0.2, -0.15) is 0 Å². The van der Waals surface area contributed by atoms with Gasteiger partial charge in [-0.05, 0) is 34.5 Å². The van der Waals surface area contributed by atoms with Crippen LogP contribution in [0.3, 0.4) is 0 Å². The highest BCUT2D eigenvalue weighted by molar-refractivity contribution is 9.10. The van der Waals surface area contributed by atoms with Crippen LogP contribution in [0.2, 0.25) is 0 Å². The van der Waals surface area contributed by atoms with Crippen LogP contribution in [-0.4, -0.2) is 18.0 Å². The van der Waals surface area contributed by atoms with Crippen molar-refractivity contribution in [3.63, 3.8) is 0 Å². The van der Waals surface area contributed by atoms with Gasteiger partial charge in [0.25, 0.3) is 5.91 Å². The van der Waals surface area contributed by atoms with Crippen molar-refractivity contribution in [3.8, 4) is 0 Å². The molecule has 1 aromatic heterocycles. The normalized spacial score (nSPS) is 22.7. The Morgan fingerprint density at radius 1 is 1.53 bits per heavy atom. The maximum absolute atomic E-state index is 11.8. The van der Waals surface area contributed by atoms with Gasteiger partial charge < -0.3 is 15.5 Å². The minimum atomic E-state index is -0.203. The van der Waals surface area contributed by atoms with Crippen LogP contribution in [0.1, 0.15) is 17.0 Å². The number of nitrogens with two attached hydrogens (primary N) is 1. The van der Waals surface area contributed by atoms with Crippen molar-refractivity contribution >= 4 is 32.8 Å². The van der Waals surface area contributed by atoms with Crippen LogP contribution in [0.5, 0.6) is 0 Å². The molecule has 1 heterocycles. The zero-order chi connectivity index (χ0) is 12.0. The topological polar surface area (TPSA) is 68.3 Å². The molecule has 0 radical (unpaired) electrons. The predicted molar refractivity (Wildman–Crippen MR) is 67.8 cm³/mol. The average Bonchev–Trinajstić information content (AvgIpc) is 2.81. The molecule has 3 N–H and O–H groups in total. The number of para-hydroxylation sites is 1. The maximum Gasteiger partial charge on any atom is 0.287 e. The first-order valence-electron chi connectivity index (χ1n) is 5.39. The summed E-state index contributed by atoms with van der Waals surface area (Å²) in [6, 6.07) is 7.62. The molecule has 5 heteroatoms. The van der Waals surface area contributed by atoms with Gasteiger partial charge in [-0.3, -0.25) is 4.79 Å². The second kappa shape index (κ2) is 3.85. The molecule has 4 nitrogen and oxygen atoms in total. The van der Waals surface area contributed by atoms with Gasteiger partial charge in [-0.15, -0.1) is 0 Å². The summed E-state index contributed by atoms with van der Waals surface area (Å²) in [5, 5.41) is 3.73. The second-order valence-corrected chi connectivity index (χ2v) is 5.10. The van der Waals surface area contributed by atoms with Crippen LogP contribution in [0.4, 0.5) is 0 Å². The molecular formula is C12H11BrN2O2. The lowest BCUT2D eigenvalue weighted by atomic mass is 10.2. The molecule has 3 rings (SSSR count). The number of carbonyl (C=O) groups excluding carboxylic acids is 1. The van der Waals surface area contributed by atoms with Gasteiger partial charge in [0.15, 0.2) is 5.76 Å². The van der Waals surface area contributed by atoms with E-state index in [1.165, 1.54) is 0 Å². The molecule has 2 atom stereocenters. The fraction of sp³-hybridized carbons (Fsp3) is 0.250. The minimum Gasteiger partial charge on any atom is -0.450 e. The molecule has 0 aliphatic heterocycles. The van der Waals surface area contributed by atoms with Crippen LogP contribution in [-0.2, 0) is 0 Å². The van der Waals surface area contributed by atoms with Crippen LogP contribution < -0.4 is 11.1 Å². The molecule has 1 amide bonds. The molecule has 1 saturated carbocycles. The summed E-state index contributed by atoms with van der Waals surface area (Å²) in [5.41, 5.74) is 6.33. The first kappa shape index (κ1) is 10.8. The summed E-state index contributed by atoms with van der Waals surface area (Å²) in [5.74, 6) is 0.122. The monoisotopic (exact) mass is 294 g/mol. The Hall–Kier alpha value is -1.33. The molecule has 2 unspecified atom stereocenters. The Morgan fingerprint density at radius 3 is 2.94 bits per heavy atom. The van der Waals surface area contributed by atoms with Gasteiger partial charge in [0.05, 0.1) is 4.47 Å². The molecule has 0 saturated heterocycles. The maximum atomic E-state index is 11.8. The number of fused-ring (bicyclic) bond motifs is 1. The summed E-state index contributed by atoms with van der Waals surface area (Å²) < 4.78 is 6.37. The van der Waals surface area contributed by atoms with Crippen molar-refractivity contribution in [2.75, 3.05) is 0 Å². The zero-order valence-corrected chi connectivity index (χ0v) is 10.5. The Kier molecular flexibility index (Phi) is 2.45. The lowest BCUT2D eigenvalue weighted by molar-refractivity contribution is 0.0924. The molecule has 1 fully saturated rings. The van der Waals surface area contributed by atoms with Crippen molar-refractivity contribution in [1.82, 2.24) is 5.32 Å². The lowest BCUT2D eigenvalue weighted by Gasteiger charge is -1.99. The van der Waals surface area contributed by atoms with E-state index < -0.39 is 0 Å². The number of hydrogen-bond acceptors (Lipinski definition) is 3. The number of halogens is 1. The first-order valence-corrected chi connectivity index (χ1v) is 6.19. The third-order valence-corrected chi connectivity index (χ3v) is 3.50. The Morgan fingerprint density at radius 2 is 2.29 bits per heavy atom. The molecule has 0 spiro atoms. The first-order chi connectivity index (χ1) is 8.15. The molecule has 1 aliphatic carbocycles. The predicted octanol–water partition coefficient (Wildman–Crippen LogP) is 2.02. The highest BCUT2D eigenvalue weighted by atomic mass is 79.9. The Labute approximate surface area is 106 Å². The van der Waals surface area contributed by atoms with Crippen molar-refractivity contribution < 1.29 is 9.21 Å². The number of amides is 1. The smallest absolute Gasteiger partial charge is 0.287 e. The summed E-state index contributed by atoms with van der Waals surface area (Å²) >= 11 is 3.39. The van der Waals surface area contributed by atoms with E-state index in [9.17, 15) is 4.79 Å². The van der Waals surface area contributed by atoms with E-state index in [1.54, 1.807) is 6.07 Å². The van der Waals surface area contributed by atoms with E-state index in [4.69, 9.17) is 10.2 Å². The number of furan rings is 1. The van der Waals surface area contributed by atoms with E-state index >= 15 is 0 Å². The number of nitrogens with one attached hydrogen (secondary N) is 1. The standard InChI is InChI=1S/C12H11BrN2O2/c13-7-3-1-2-6-4-10(17-11(6)7)12(16)15-9-5-8(9)14/h1-4,8-9H,5,14H2,(H,15,16). The van der Waals surface area contributed by atoms with Crippen LogP contribution >= 0.6 is 15.9 Å². The highest BCUT2D eigenvalue weighted by Crippen LogP contribution is 2.27. The van der Waals surface area contributed by atoms with E-state index in [1.807, 2.05) is 18.2 Å². The summed E-state index contributed by atoms with van der Waals surface area (Å²) in [4.78, 5) is 11.8. The van der Waals surface area contributed by atoms with Crippen LogP contribution in [0.25, 0.3) is 11.0 Å². The van der Waals surface area contributed by atoms with Crippen LogP contribution in [0, 0.1) is 0 Å². The number of rotatable bonds is 2. The van der Waals surface area contributed by atoms with Gasteiger partial charge in [-0.25, -0.2) is 0 Å². The van der Waals surface area contributed by atoms with Gasteiger partial charge in [0.2, 0.25) is 0 Å². The van der Waals surface area contributed by atoms with Crippen LogP contribution in [0.15, 0.2) is 33.2 Å². The molecule has 88 valence electrons. The summed E-state index contributed by atoms with van der Waals surface area (Å²) in [6.07, 6.45) is 0.843. The molecular weight excluding hydrogens is 284 g/mol. The second-order valence-electron chi connectivity index (χ2n) is 4.25. The van der Waals surface area contributed by atoms with Crippen molar-refractivity contribution in [1.29, 1.82) is 0 Å². The Bertz CT molecular complexity index is 593. The minimum absolute atomic E-state index is 0.0927. The van der Waals surface area contributed by atoms with E-state index in [2.05, 4.69) is 21.2 Å². The van der Waals surface area contributed by atoms with E-state index in [-0.39, 0.29) is 18.0 Å². The molecule has 1 aliphatic rings. The number of hydrogen-bond donors (Lipinski definition) is 2. The molecule has 1 aromatic carbocycles. The molecule has 0 bridgehead atoms. The Balaban J connectivity index is 1.90. The fourth-order valence-electron chi connectivity index (χ4n) is 1.76. The average molecular weight is 295 g/mol. The largest absolute Gasteiger partial charge is 0.450 e. The van der Waals surface area contributed by atoms with E-state index in [0.717, 1.165) is 16.3 Å². The van der Waals surface area contributed by atoms with Gasteiger partial charge in [0.1, 0.15) is 5.58 Å². The third kappa shape index (κ3) is 1.96. The van der Waals surface area contributed by atoms with Crippen molar-refractivity contribution in [2.24, 2.45) is 5.73 Å².